The first-order valence-electron chi connectivity index (χ1n) is 3.55. The molecular formula is C7H6BrNO4S. The molecule has 0 heterocycles. The van der Waals surface area contributed by atoms with Crippen molar-refractivity contribution in [1.82, 2.24) is 0 Å². The Morgan fingerprint density at radius 3 is 2.57 bits per heavy atom. The zero-order valence-electron chi connectivity index (χ0n) is 6.84. The highest BCUT2D eigenvalue weighted by molar-refractivity contribution is 9.10. The number of nitro groups is 1. The minimum Gasteiger partial charge on any atom is -0.258 e. The van der Waals surface area contributed by atoms with Crippen molar-refractivity contribution in [3.63, 3.8) is 0 Å². The fraction of sp³-hybridized carbons (Fsp3) is 0.143. The minimum absolute atomic E-state index is 0.174. The van der Waals surface area contributed by atoms with E-state index in [0.717, 1.165) is 0 Å². The van der Waals surface area contributed by atoms with E-state index in [1.807, 2.05) is 0 Å². The van der Waals surface area contributed by atoms with Gasteiger partial charge in [0, 0.05) is 16.1 Å². The van der Waals surface area contributed by atoms with E-state index in [0.29, 0.717) is 4.47 Å². The highest BCUT2D eigenvalue weighted by Crippen LogP contribution is 2.23. The van der Waals surface area contributed by atoms with Crippen molar-refractivity contribution in [3.05, 3.63) is 38.3 Å². The van der Waals surface area contributed by atoms with Crippen LogP contribution >= 0.6 is 15.9 Å². The van der Waals surface area contributed by atoms with Crippen molar-refractivity contribution < 1.29 is 13.3 Å². The molecule has 1 aromatic rings. The van der Waals surface area contributed by atoms with Gasteiger partial charge in [-0.25, -0.2) is 8.42 Å². The molecule has 76 valence electrons. The Balaban J connectivity index is 3.22. The van der Waals surface area contributed by atoms with E-state index < -0.39 is 15.6 Å². The van der Waals surface area contributed by atoms with Crippen LogP contribution < -0.4 is 0 Å². The predicted molar refractivity (Wildman–Crippen MR) is 54.8 cm³/mol. The maximum absolute atomic E-state index is 10.5. The van der Waals surface area contributed by atoms with E-state index in [9.17, 15) is 18.5 Å². The molecule has 0 N–H and O–H groups in total. The molecule has 0 aliphatic carbocycles. The predicted octanol–water partition coefficient (Wildman–Crippen LogP) is 1.47. The molecule has 14 heavy (non-hydrogen) atoms. The highest BCUT2D eigenvalue weighted by Gasteiger charge is 2.13. The highest BCUT2D eigenvalue weighted by atomic mass is 79.9. The van der Waals surface area contributed by atoms with E-state index in [-0.39, 0.29) is 17.0 Å². The summed E-state index contributed by atoms with van der Waals surface area (Å²) in [5.41, 5.74) is 0.0212. The molecule has 0 aliphatic heterocycles. The summed E-state index contributed by atoms with van der Waals surface area (Å²) < 4.78 is 21.5. The Morgan fingerprint density at radius 2 is 2.07 bits per heavy atom. The van der Waals surface area contributed by atoms with Crippen molar-refractivity contribution in [3.8, 4) is 0 Å². The second-order valence-electron chi connectivity index (χ2n) is 2.52. The molecule has 0 unspecified atom stereocenters. The molecule has 0 spiro atoms. The molecule has 1 aromatic carbocycles. The topological polar surface area (TPSA) is 77.3 Å². The van der Waals surface area contributed by atoms with Gasteiger partial charge in [-0.1, -0.05) is 15.9 Å². The average Bonchev–Trinajstić information content (AvgIpc) is 2.01. The molecule has 0 aliphatic rings. The SMILES string of the molecule is O=[N+]([O-])c1ccc(Br)cc1C[SH](=O)=O. The standard InChI is InChI=1S/C7H6BrNO4S/c8-6-1-2-7(9(10)11)5(3-6)4-14(12)13/h1-3,14H,4H2. The van der Waals surface area contributed by atoms with Crippen molar-refractivity contribution in [1.29, 1.82) is 0 Å². The monoisotopic (exact) mass is 279 g/mol. The molecule has 0 amide bonds. The van der Waals surface area contributed by atoms with E-state index in [1.54, 1.807) is 0 Å². The lowest BCUT2D eigenvalue weighted by atomic mass is 10.2. The summed E-state index contributed by atoms with van der Waals surface area (Å²) in [6, 6.07) is 4.21. The van der Waals surface area contributed by atoms with Gasteiger partial charge in [0.1, 0.15) is 10.7 Å². The lowest BCUT2D eigenvalue weighted by molar-refractivity contribution is -0.385. The summed E-state index contributed by atoms with van der Waals surface area (Å²) in [6.07, 6.45) is 0. The third-order valence-corrected chi connectivity index (χ3v) is 2.63. The third-order valence-electron chi connectivity index (χ3n) is 1.54. The number of hydrogen-bond acceptors (Lipinski definition) is 4. The summed E-state index contributed by atoms with van der Waals surface area (Å²) in [7, 11) is -2.66. The first-order chi connectivity index (χ1) is 6.50. The molecule has 5 nitrogen and oxygen atoms in total. The average molecular weight is 280 g/mol. The number of halogens is 1. The van der Waals surface area contributed by atoms with Crippen LogP contribution in [0.5, 0.6) is 0 Å². The van der Waals surface area contributed by atoms with Gasteiger partial charge in [0.25, 0.3) is 5.69 Å². The molecule has 0 aromatic heterocycles. The maximum atomic E-state index is 10.5. The number of benzene rings is 1. The molecule has 0 atom stereocenters. The molecule has 0 saturated carbocycles. The van der Waals surface area contributed by atoms with E-state index >= 15 is 0 Å². The van der Waals surface area contributed by atoms with Crippen LogP contribution in [0.4, 0.5) is 5.69 Å². The Kier molecular flexibility index (Phi) is 3.59. The normalized spacial score (nSPS) is 10.4. The quantitative estimate of drug-likeness (QED) is 0.516. The van der Waals surface area contributed by atoms with Gasteiger partial charge in [-0.05, 0) is 12.1 Å². The summed E-state index contributed by atoms with van der Waals surface area (Å²) in [4.78, 5) is 9.91. The molecule has 7 heteroatoms. The van der Waals surface area contributed by atoms with Crippen LogP contribution in [0.3, 0.4) is 0 Å². The van der Waals surface area contributed by atoms with Crippen molar-refractivity contribution in [2.24, 2.45) is 0 Å². The third kappa shape index (κ3) is 2.78. The Bertz CT molecular complexity index is 435. The zero-order chi connectivity index (χ0) is 10.7. The van der Waals surface area contributed by atoms with Gasteiger partial charge >= 0.3 is 0 Å². The molecule has 0 saturated heterocycles. The van der Waals surface area contributed by atoms with Gasteiger partial charge in [0.15, 0.2) is 0 Å². The van der Waals surface area contributed by atoms with Gasteiger partial charge in [-0.3, -0.25) is 10.1 Å². The van der Waals surface area contributed by atoms with Crippen LogP contribution in [0, 0.1) is 10.1 Å². The fourth-order valence-electron chi connectivity index (χ4n) is 0.998. The van der Waals surface area contributed by atoms with Crippen LogP contribution in [0.1, 0.15) is 5.56 Å². The summed E-state index contributed by atoms with van der Waals surface area (Å²) >= 11 is 3.12. The zero-order valence-corrected chi connectivity index (χ0v) is 9.32. The van der Waals surface area contributed by atoms with Crippen LogP contribution in [0.25, 0.3) is 0 Å². The lowest BCUT2D eigenvalue weighted by Crippen LogP contribution is -1.96. The number of rotatable bonds is 3. The molecule has 1 rings (SSSR count). The van der Waals surface area contributed by atoms with Crippen LogP contribution in [-0.4, -0.2) is 13.3 Å². The molecule has 0 bridgehead atoms. The van der Waals surface area contributed by atoms with E-state index in [4.69, 9.17) is 0 Å². The lowest BCUT2D eigenvalue weighted by Gasteiger charge is -1.98. The number of hydrogen-bond donors (Lipinski definition) is 1. The van der Waals surface area contributed by atoms with Gasteiger partial charge < -0.3 is 0 Å². The van der Waals surface area contributed by atoms with Crippen LogP contribution in [0.2, 0.25) is 0 Å². The largest absolute Gasteiger partial charge is 0.273 e. The van der Waals surface area contributed by atoms with Crippen LogP contribution in [-0.2, 0) is 16.5 Å². The van der Waals surface area contributed by atoms with E-state index in [2.05, 4.69) is 15.9 Å². The number of nitro benzene ring substituents is 1. The van der Waals surface area contributed by atoms with Crippen LogP contribution in [0.15, 0.2) is 22.7 Å². The summed E-state index contributed by atoms with van der Waals surface area (Å²) in [5.74, 6) is -0.314. The fourth-order valence-corrected chi connectivity index (χ4v) is 1.94. The van der Waals surface area contributed by atoms with Gasteiger partial charge in [0.2, 0.25) is 0 Å². The van der Waals surface area contributed by atoms with Gasteiger partial charge in [-0.2, -0.15) is 0 Å². The van der Waals surface area contributed by atoms with Gasteiger partial charge in [-0.15, -0.1) is 0 Å². The number of nitrogens with zero attached hydrogens (tertiary/aromatic N) is 1. The van der Waals surface area contributed by atoms with Crippen molar-refractivity contribution >= 4 is 32.3 Å². The Morgan fingerprint density at radius 1 is 1.43 bits per heavy atom. The van der Waals surface area contributed by atoms with E-state index in [1.165, 1.54) is 18.2 Å². The van der Waals surface area contributed by atoms with Gasteiger partial charge in [0.05, 0.1) is 10.7 Å². The Labute approximate surface area is 90.0 Å². The summed E-state index contributed by atoms with van der Waals surface area (Å²) in [5, 5.41) is 10.5. The van der Waals surface area contributed by atoms with Crippen molar-refractivity contribution in [2.75, 3.05) is 0 Å². The second kappa shape index (κ2) is 4.52. The summed E-state index contributed by atoms with van der Waals surface area (Å²) in [6.45, 7) is 0. The Hall–Kier alpha value is -0.950. The first-order valence-corrected chi connectivity index (χ1v) is 5.71. The smallest absolute Gasteiger partial charge is 0.258 e. The maximum Gasteiger partial charge on any atom is 0.273 e. The molecule has 0 radical (unpaired) electrons. The van der Waals surface area contributed by atoms with Crippen molar-refractivity contribution in [2.45, 2.75) is 5.75 Å². The first kappa shape index (κ1) is 11.1. The molecule has 0 fully saturated rings. The second-order valence-corrected chi connectivity index (χ2v) is 4.42. The number of thiol groups is 1. The molecular weight excluding hydrogens is 274 g/mol. The minimum atomic E-state index is -2.66.